The van der Waals surface area contributed by atoms with Crippen LogP contribution in [-0.2, 0) is 10.2 Å². The topological polar surface area (TPSA) is 59.6 Å². The maximum absolute atomic E-state index is 12.7. The molecule has 6 heteroatoms. The lowest BCUT2D eigenvalue weighted by atomic mass is 9.78. The highest BCUT2D eigenvalue weighted by atomic mass is 35.5. The van der Waals surface area contributed by atoms with Crippen LogP contribution < -0.4 is 20.1 Å². The minimum Gasteiger partial charge on any atom is -0.486 e. The monoisotopic (exact) mass is 420 g/mol. The molecule has 0 spiro atoms. The van der Waals surface area contributed by atoms with Gasteiger partial charge in [-0.2, -0.15) is 0 Å². The summed E-state index contributed by atoms with van der Waals surface area (Å²) in [6, 6.07) is 7.66. The summed E-state index contributed by atoms with van der Waals surface area (Å²) in [6.45, 7) is 1.97. The van der Waals surface area contributed by atoms with Gasteiger partial charge in [-0.05, 0) is 62.1 Å². The molecule has 4 aliphatic rings. The molecule has 2 unspecified atom stereocenters. The van der Waals surface area contributed by atoms with Crippen molar-refractivity contribution in [3.63, 3.8) is 0 Å². The molecule has 1 aliphatic carbocycles. The molecule has 1 amide bonds. The number of nitrogens with one attached hydrogen (secondary N) is 2. The zero-order chi connectivity index (χ0) is 19.0. The van der Waals surface area contributed by atoms with Crippen molar-refractivity contribution >= 4 is 18.3 Å². The van der Waals surface area contributed by atoms with Gasteiger partial charge in [-0.15, -0.1) is 12.4 Å². The second-order valence-corrected chi connectivity index (χ2v) is 9.30. The summed E-state index contributed by atoms with van der Waals surface area (Å²) in [4.78, 5) is 12.7. The normalized spacial score (nSPS) is 29.2. The average molecular weight is 421 g/mol. The molecule has 1 saturated carbocycles. The fourth-order valence-electron chi connectivity index (χ4n) is 5.94. The third-order valence-electron chi connectivity index (χ3n) is 7.38. The summed E-state index contributed by atoms with van der Waals surface area (Å²) < 4.78 is 11.5. The number of fused-ring (bicyclic) bond motifs is 3. The standard InChI is InChI=1S/C23H32N2O3.ClH/c26-22(13-16-11-18-4-5-19(12-16)25-18)24-15-23(7-1-2-8-23)17-3-6-20-21(14-17)28-10-9-27-20;/h3,6,14,16,18-19,25H,1-2,4-5,7-13,15H2,(H,24,26);1H. The molecule has 2 bridgehead atoms. The third-order valence-corrected chi connectivity index (χ3v) is 7.38. The number of hydrogen-bond donors (Lipinski definition) is 2. The average Bonchev–Trinajstić information content (AvgIpc) is 3.33. The number of carbonyl (C=O) groups excluding carboxylic acids is 1. The quantitative estimate of drug-likeness (QED) is 0.762. The number of amides is 1. The molecule has 2 atom stereocenters. The molecule has 0 radical (unpaired) electrons. The van der Waals surface area contributed by atoms with Gasteiger partial charge in [-0.1, -0.05) is 18.9 Å². The van der Waals surface area contributed by atoms with Crippen molar-refractivity contribution in [3.8, 4) is 11.5 Å². The Kier molecular flexibility index (Phi) is 6.26. The highest BCUT2D eigenvalue weighted by Crippen LogP contribution is 2.44. The highest BCUT2D eigenvalue weighted by Gasteiger charge is 2.38. The summed E-state index contributed by atoms with van der Waals surface area (Å²) in [5, 5.41) is 6.98. The van der Waals surface area contributed by atoms with Crippen molar-refractivity contribution in [2.24, 2.45) is 5.92 Å². The van der Waals surface area contributed by atoms with Crippen LogP contribution in [0.2, 0.25) is 0 Å². The van der Waals surface area contributed by atoms with Gasteiger partial charge in [0, 0.05) is 30.5 Å². The highest BCUT2D eigenvalue weighted by molar-refractivity contribution is 5.85. The van der Waals surface area contributed by atoms with Gasteiger partial charge in [-0.25, -0.2) is 0 Å². The predicted molar refractivity (Wildman–Crippen MR) is 115 cm³/mol. The zero-order valence-corrected chi connectivity index (χ0v) is 17.9. The summed E-state index contributed by atoms with van der Waals surface area (Å²) in [7, 11) is 0. The van der Waals surface area contributed by atoms with E-state index in [-0.39, 0.29) is 23.7 Å². The third kappa shape index (κ3) is 4.36. The van der Waals surface area contributed by atoms with Crippen LogP contribution in [-0.4, -0.2) is 37.7 Å². The van der Waals surface area contributed by atoms with Crippen molar-refractivity contribution in [1.82, 2.24) is 10.6 Å². The predicted octanol–water partition coefficient (Wildman–Crippen LogP) is 3.73. The van der Waals surface area contributed by atoms with Crippen LogP contribution in [0.4, 0.5) is 0 Å². The Morgan fingerprint density at radius 3 is 2.48 bits per heavy atom. The fourth-order valence-corrected chi connectivity index (χ4v) is 5.94. The molecule has 3 heterocycles. The Balaban J connectivity index is 0.00000205. The molecule has 160 valence electrons. The van der Waals surface area contributed by atoms with Crippen molar-refractivity contribution in [1.29, 1.82) is 0 Å². The van der Waals surface area contributed by atoms with Gasteiger partial charge in [0.1, 0.15) is 13.2 Å². The summed E-state index contributed by atoms with van der Waals surface area (Å²) in [5.41, 5.74) is 1.33. The van der Waals surface area contributed by atoms with Gasteiger partial charge in [0.05, 0.1) is 0 Å². The zero-order valence-electron chi connectivity index (χ0n) is 17.1. The first kappa shape index (κ1) is 20.8. The van der Waals surface area contributed by atoms with Gasteiger partial charge < -0.3 is 20.1 Å². The van der Waals surface area contributed by atoms with Crippen LogP contribution in [0.3, 0.4) is 0 Å². The number of piperidine rings is 1. The van der Waals surface area contributed by atoms with E-state index in [0.29, 0.717) is 37.6 Å². The first-order valence-electron chi connectivity index (χ1n) is 11.1. The van der Waals surface area contributed by atoms with E-state index in [1.54, 1.807) is 0 Å². The van der Waals surface area contributed by atoms with Gasteiger partial charge in [0.2, 0.25) is 5.91 Å². The van der Waals surface area contributed by atoms with Gasteiger partial charge >= 0.3 is 0 Å². The second-order valence-electron chi connectivity index (χ2n) is 9.30. The molecule has 0 aromatic heterocycles. The van der Waals surface area contributed by atoms with Crippen molar-refractivity contribution in [3.05, 3.63) is 23.8 Å². The number of ether oxygens (including phenoxy) is 2. The van der Waals surface area contributed by atoms with E-state index in [0.717, 1.165) is 43.7 Å². The Hall–Kier alpha value is -1.46. The van der Waals surface area contributed by atoms with E-state index in [9.17, 15) is 4.79 Å². The van der Waals surface area contributed by atoms with Crippen LogP contribution >= 0.6 is 12.4 Å². The molecule has 29 heavy (non-hydrogen) atoms. The van der Waals surface area contributed by atoms with Crippen molar-refractivity contribution < 1.29 is 14.3 Å². The van der Waals surface area contributed by atoms with E-state index in [1.807, 2.05) is 6.07 Å². The van der Waals surface area contributed by atoms with Crippen molar-refractivity contribution in [2.45, 2.75) is 75.3 Å². The van der Waals surface area contributed by atoms with Crippen molar-refractivity contribution in [2.75, 3.05) is 19.8 Å². The SMILES string of the molecule is Cl.O=C(CC1CC2CCC(C1)N2)NCC1(c2ccc3c(c2)OCCO3)CCCC1. The Labute approximate surface area is 179 Å². The molecular formula is C23H33ClN2O3. The van der Waals surface area contributed by atoms with Gasteiger partial charge in [0.25, 0.3) is 0 Å². The Morgan fingerprint density at radius 2 is 1.76 bits per heavy atom. The summed E-state index contributed by atoms with van der Waals surface area (Å²) in [6.07, 6.45) is 10.3. The number of benzene rings is 1. The number of hydrogen-bond acceptors (Lipinski definition) is 4. The number of halogens is 1. The lowest BCUT2D eigenvalue weighted by Gasteiger charge is -2.32. The molecular weight excluding hydrogens is 388 g/mol. The first-order chi connectivity index (χ1) is 13.7. The molecule has 2 saturated heterocycles. The maximum Gasteiger partial charge on any atom is 0.220 e. The van der Waals surface area contributed by atoms with E-state index < -0.39 is 0 Å². The van der Waals surface area contributed by atoms with Gasteiger partial charge in [0.15, 0.2) is 11.5 Å². The molecule has 3 aliphatic heterocycles. The van der Waals surface area contributed by atoms with Crippen LogP contribution in [0.1, 0.15) is 63.4 Å². The van der Waals surface area contributed by atoms with Crippen LogP contribution in [0.25, 0.3) is 0 Å². The van der Waals surface area contributed by atoms with E-state index in [2.05, 4.69) is 22.8 Å². The van der Waals surface area contributed by atoms with Crippen LogP contribution in [0, 0.1) is 5.92 Å². The maximum atomic E-state index is 12.7. The fraction of sp³-hybridized carbons (Fsp3) is 0.696. The second kappa shape index (κ2) is 8.73. The lowest BCUT2D eigenvalue weighted by molar-refractivity contribution is -0.122. The van der Waals surface area contributed by atoms with E-state index >= 15 is 0 Å². The number of carbonyl (C=O) groups is 1. The Bertz CT molecular complexity index is 723. The molecule has 5 nitrogen and oxygen atoms in total. The molecule has 3 fully saturated rings. The summed E-state index contributed by atoms with van der Waals surface area (Å²) in [5.74, 6) is 2.47. The molecule has 1 aromatic carbocycles. The summed E-state index contributed by atoms with van der Waals surface area (Å²) >= 11 is 0. The number of rotatable bonds is 5. The molecule has 5 rings (SSSR count). The molecule has 1 aromatic rings. The molecule has 2 N–H and O–H groups in total. The Morgan fingerprint density at radius 1 is 1.07 bits per heavy atom. The van der Waals surface area contributed by atoms with Crippen LogP contribution in [0.5, 0.6) is 11.5 Å². The lowest BCUT2D eigenvalue weighted by Crippen LogP contribution is -2.42. The van der Waals surface area contributed by atoms with Gasteiger partial charge in [-0.3, -0.25) is 4.79 Å². The van der Waals surface area contributed by atoms with Crippen LogP contribution in [0.15, 0.2) is 18.2 Å². The minimum absolute atomic E-state index is 0. The minimum atomic E-state index is 0. The smallest absolute Gasteiger partial charge is 0.220 e. The van der Waals surface area contributed by atoms with E-state index in [1.165, 1.54) is 31.2 Å². The largest absolute Gasteiger partial charge is 0.486 e. The first-order valence-corrected chi connectivity index (χ1v) is 11.1. The van der Waals surface area contributed by atoms with E-state index in [4.69, 9.17) is 9.47 Å².